The maximum Gasteiger partial charge on any atom is 0.229 e. The minimum Gasteiger partial charge on any atom is -0.344 e. The van der Waals surface area contributed by atoms with Gasteiger partial charge in [-0.15, -0.1) is 0 Å². The molecule has 2 aliphatic rings. The second-order valence-electron chi connectivity index (χ2n) is 6.94. The number of hydrogen-bond donors (Lipinski definition) is 0. The molecule has 2 heterocycles. The molecule has 1 fully saturated rings. The number of carbonyl (C=O) groups is 1. The monoisotopic (exact) mass is 409 g/mol. The van der Waals surface area contributed by atoms with E-state index >= 15 is 0 Å². The number of fused-ring (bicyclic) bond motifs is 1. The first-order valence-corrected chi connectivity index (χ1v) is 10.6. The summed E-state index contributed by atoms with van der Waals surface area (Å²) in [4.78, 5) is 16.8. The van der Waals surface area contributed by atoms with E-state index in [9.17, 15) is 10.1 Å². The number of halogens is 1. The lowest BCUT2D eigenvalue weighted by molar-refractivity contribution is -0.129. The highest BCUT2D eigenvalue weighted by Crippen LogP contribution is 2.43. The molecule has 0 aliphatic carbocycles. The van der Waals surface area contributed by atoms with Gasteiger partial charge in [-0.25, -0.2) is 0 Å². The number of carbonyl (C=O) groups excluding carboxylic acids is 1. The summed E-state index contributed by atoms with van der Waals surface area (Å²) in [5.41, 5.74) is 4.00. The zero-order valence-corrected chi connectivity index (χ0v) is 17.1. The van der Waals surface area contributed by atoms with E-state index in [1.165, 1.54) is 5.56 Å². The maximum absolute atomic E-state index is 12.9. The van der Waals surface area contributed by atoms with Crippen molar-refractivity contribution < 1.29 is 4.79 Å². The highest BCUT2D eigenvalue weighted by molar-refractivity contribution is 8.03. The minimum absolute atomic E-state index is 0.0599. The van der Waals surface area contributed by atoms with Gasteiger partial charge in [0.05, 0.1) is 29.2 Å². The average Bonchev–Trinajstić information content (AvgIpc) is 2.74. The van der Waals surface area contributed by atoms with Crippen LogP contribution in [0.1, 0.15) is 30.4 Å². The molecule has 0 saturated carbocycles. The van der Waals surface area contributed by atoms with E-state index in [1.807, 2.05) is 24.3 Å². The van der Waals surface area contributed by atoms with Gasteiger partial charge in [-0.3, -0.25) is 9.69 Å². The number of nitrogens with zero attached hydrogens (tertiary/aromatic N) is 3. The van der Waals surface area contributed by atoms with Gasteiger partial charge < -0.3 is 4.90 Å². The highest BCUT2D eigenvalue weighted by Gasteiger charge is 2.38. The van der Waals surface area contributed by atoms with Gasteiger partial charge in [-0.1, -0.05) is 54.6 Å². The van der Waals surface area contributed by atoms with Crippen LogP contribution in [0.5, 0.6) is 0 Å². The molecule has 2 aromatic carbocycles. The topological polar surface area (TPSA) is 47.3 Å². The zero-order chi connectivity index (χ0) is 19.7. The summed E-state index contributed by atoms with van der Waals surface area (Å²) >= 11 is 7.54. The Morgan fingerprint density at radius 1 is 1.18 bits per heavy atom. The van der Waals surface area contributed by atoms with Crippen LogP contribution in [0.3, 0.4) is 0 Å². The second kappa shape index (κ2) is 7.90. The van der Waals surface area contributed by atoms with Crippen LogP contribution < -0.4 is 4.90 Å². The smallest absolute Gasteiger partial charge is 0.229 e. The van der Waals surface area contributed by atoms with Gasteiger partial charge in [-0.05, 0) is 41.8 Å². The summed E-state index contributed by atoms with van der Waals surface area (Å²) in [6.07, 6.45) is 1.30. The number of rotatable bonds is 3. The minimum atomic E-state index is -0.163. The van der Waals surface area contributed by atoms with Crippen molar-refractivity contribution in [1.82, 2.24) is 4.90 Å². The second-order valence-corrected chi connectivity index (χ2v) is 8.31. The van der Waals surface area contributed by atoms with Crippen LogP contribution >= 0.6 is 23.4 Å². The molecule has 4 nitrogen and oxygen atoms in total. The van der Waals surface area contributed by atoms with E-state index in [4.69, 9.17) is 11.6 Å². The maximum atomic E-state index is 12.9. The van der Waals surface area contributed by atoms with E-state index in [1.54, 1.807) is 16.7 Å². The number of hydrogen-bond acceptors (Lipinski definition) is 4. The van der Waals surface area contributed by atoms with Gasteiger partial charge in [-0.2, -0.15) is 5.26 Å². The zero-order valence-electron chi connectivity index (χ0n) is 15.6. The summed E-state index contributed by atoms with van der Waals surface area (Å²) in [5.74, 6) is 0.585. The SMILES string of the molecule is CCc1ccc([C@H]2CC(=O)N3CN(c4ccc(Cl)cc4)CSC3=C2C#N)cc1. The van der Waals surface area contributed by atoms with Crippen molar-refractivity contribution >= 4 is 35.0 Å². The molecular weight excluding hydrogens is 390 g/mol. The van der Waals surface area contributed by atoms with Gasteiger partial charge in [0, 0.05) is 23.0 Å². The Labute approximate surface area is 174 Å². The normalized spacial score (nSPS) is 19.5. The highest BCUT2D eigenvalue weighted by atomic mass is 35.5. The molecule has 0 unspecified atom stereocenters. The van der Waals surface area contributed by atoms with Crippen LogP contribution in [-0.2, 0) is 11.2 Å². The van der Waals surface area contributed by atoms with Crippen molar-refractivity contribution in [3.63, 3.8) is 0 Å². The number of nitriles is 1. The van der Waals surface area contributed by atoms with Crippen molar-refractivity contribution in [3.05, 3.63) is 75.3 Å². The molecule has 2 aromatic rings. The summed E-state index contributed by atoms with van der Waals surface area (Å²) in [6.45, 7) is 2.57. The molecule has 28 heavy (non-hydrogen) atoms. The predicted octanol–water partition coefficient (Wildman–Crippen LogP) is 5.12. The molecule has 0 aromatic heterocycles. The third-order valence-electron chi connectivity index (χ3n) is 5.28. The van der Waals surface area contributed by atoms with Gasteiger partial charge >= 0.3 is 0 Å². The molecule has 1 atom stereocenters. The molecule has 0 N–H and O–H groups in total. The van der Waals surface area contributed by atoms with Crippen LogP contribution in [0.2, 0.25) is 5.02 Å². The molecule has 1 saturated heterocycles. The van der Waals surface area contributed by atoms with E-state index < -0.39 is 0 Å². The quantitative estimate of drug-likeness (QED) is 0.705. The Bertz CT molecular complexity index is 963. The number of benzene rings is 2. The van der Waals surface area contributed by atoms with Gasteiger partial charge in [0.1, 0.15) is 0 Å². The standard InChI is InChI=1S/C22H20ClN3OS/c1-2-15-3-5-16(6-4-15)19-11-21(27)26-13-25(14-28-22(26)20(19)12-24)18-9-7-17(23)8-10-18/h3-10,19H,2,11,13-14H2,1H3/t19-/m1/s1. The number of anilines is 1. The van der Waals surface area contributed by atoms with Crippen LogP contribution in [0.4, 0.5) is 5.69 Å². The fourth-order valence-electron chi connectivity index (χ4n) is 3.65. The first-order chi connectivity index (χ1) is 13.6. The largest absolute Gasteiger partial charge is 0.344 e. The lowest BCUT2D eigenvalue weighted by atomic mass is 9.86. The van der Waals surface area contributed by atoms with Crippen molar-refractivity contribution in [2.75, 3.05) is 17.4 Å². The molecule has 1 amide bonds. The van der Waals surface area contributed by atoms with E-state index in [0.29, 0.717) is 29.6 Å². The van der Waals surface area contributed by atoms with E-state index in [0.717, 1.165) is 22.7 Å². The lowest BCUT2D eigenvalue weighted by Crippen LogP contribution is -2.47. The third-order valence-corrected chi connectivity index (χ3v) is 6.68. The summed E-state index contributed by atoms with van der Waals surface area (Å²) in [7, 11) is 0. The number of thioether (sulfide) groups is 1. The van der Waals surface area contributed by atoms with Gasteiger partial charge in [0.15, 0.2) is 0 Å². The third kappa shape index (κ3) is 3.50. The number of aryl methyl sites for hydroxylation is 1. The summed E-state index contributed by atoms with van der Waals surface area (Å²) in [6, 6.07) is 18.3. The Hall–Kier alpha value is -2.42. The van der Waals surface area contributed by atoms with Crippen molar-refractivity contribution in [3.8, 4) is 6.07 Å². The van der Waals surface area contributed by atoms with E-state index in [-0.39, 0.29) is 11.8 Å². The van der Waals surface area contributed by atoms with E-state index in [2.05, 4.69) is 42.2 Å². The molecular formula is C22H20ClN3OS. The summed E-state index contributed by atoms with van der Waals surface area (Å²) in [5, 5.41) is 11.4. The molecule has 0 bridgehead atoms. The fraction of sp³-hybridized carbons (Fsp3) is 0.273. The van der Waals surface area contributed by atoms with Crippen LogP contribution in [0.15, 0.2) is 59.1 Å². The first-order valence-electron chi connectivity index (χ1n) is 9.27. The molecule has 2 aliphatic heterocycles. The Balaban J connectivity index is 1.63. The van der Waals surface area contributed by atoms with Crippen LogP contribution in [0, 0.1) is 11.3 Å². The average molecular weight is 410 g/mol. The van der Waals surface area contributed by atoms with Crippen LogP contribution in [-0.4, -0.2) is 23.4 Å². The Kier molecular flexibility index (Phi) is 5.34. The molecule has 142 valence electrons. The van der Waals surface area contributed by atoms with Crippen molar-refractivity contribution in [1.29, 1.82) is 5.26 Å². The van der Waals surface area contributed by atoms with Gasteiger partial charge in [0.25, 0.3) is 0 Å². The Morgan fingerprint density at radius 3 is 2.54 bits per heavy atom. The van der Waals surface area contributed by atoms with Crippen molar-refractivity contribution in [2.45, 2.75) is 25.7 Å². The van der Waals surface area contributed by atoms with Crippen LogP contribution in [0.25, 0.3) is 0 Å². The number of amides is 1. The summed E-state index contributed by atoms with van der Waals surface area (Å²) < 4.78 is 0. The number of allylic oxidation sites excluding steroid dienone is 1. The molecule has 0 spiro atoms. The Morgan fingerprint density at radius 2 is 1.89 bits per heavy atom. The van der Waals surface area contributed by atoms with Gasteiger partial charge in [0.2, 0.25) is 5.91 Å². The first kappa shape index (κ1) is 18.9. The lowest BCUT2D eigenvalue weighted by Gasteiger charge is -2.42. The predicted molar refractivity (Wildman–Crippen MR) is 114 cm³/mol. The molecule has 0 radical (unpaired) electrons. The molecule has 4 rings (SSSR count). The molecule has 6 heteroatoms. The van der Waals surface area contributed by atoms with Crippen molar-refractivity contribution in [2.24, 2.45) is 0 Å². The fourth-order valence-corrected chi connectivity index (χ4v) is 4.94.